The maximum atomic E-state index is 13.4. The van der Waals surface area contributed by atoms with Crippen LogP contribution < -0.4 is 5.32 Å². The zero-order valence-corrected chi connectivity index (χ0v) is 61.0. The van der Waals surface area contributed by atoms with Crippen molar-refractivity contribution in [2.24, 2.45) is 0 Å². The van der Waals surface area contributed by atoms with Gasteiger partial charge in [0.2, 0.25) is 5.91 Å². The van der Waals surface area contributed by atoms with E-state index in [4.69, 9.17) is 18.9 Å². The molecular formula is C80H153NO13. The summed E-state index contributed by atoms with van der Waals surface area (Å²) in [4.78, 5) is 13.4. The van der Waals surface area contributed by atoms with Gasteiger partial charge in [0.25, 0.3) is 0 Å². The highest BCUT2D eigenvalue weighted by atomic mass is 16.7. The number of hydrogen-bond acceptors (Lipinski definition) is 13. The Balaban J connectivity index is 1.59. The first-order valence-corrected chi connectivity index (χ1v) is 40.6. The molecule has 14 nitrogen and oxygen atoms in total. The lowest BCUT2D eigenvalue weighted by atomic mass is 9.97. The van der Waals surface area contributed by atoms with Crippen molar-refractivity contribution in [3.8, 4) is 0 Å². The van der Waals surface area contributed by atoms with Gasteiger partial charge in [0, 0.05) is 6.42 Å². The number of nitrogens with one attached hydrogen (secondary N) is 1. The molecule has 0 aromatic rings. The molecule has 556 valence electrons. The predicted octanol–water partition coefficient (Wildman–Crippen LogP) is 18.3. The molecule has 0 aromatic carbocycles. The van der Waals surface area contributed by atoms with E-state index in [0.717, 1.165) is 32.1 Å². The summed E-state index contributed by atoms with van der Waals surface area (Å²) in [6, 6.07) is -0.930. The van der Waals surface area contributed by atoms with Crippen LogP contribution in [0.15, 0.2) is 24.3 Å². The third kappa shape index (κ3) is 47.5. The van der Waals surface area contributed by atoms with E-state index in [1.54, 1.807) is 6.08 Å². The van der Waals surface area contributed by atoms with Gasteiger partial charge in [-0.2, -0.15) is 0 Å². The standard InChI is InChI=1S/C80H153NO13/c1-3-5-7-9-11-13-15-17-19-21-23-25-27-28-29-30-31-32-33-34-35-36-37-38-39-40-42-44-46-48-50-52-54-56-58-60-62-64-72(85)81-68(67-91-79-77(90)75(88)78(71(66-83)93-79)94-80-76(89)74(87)73(86)70(65-82)92-80)69(84)63-61-59-57-55-53-51-49-47-45-43-41-26-24-22-20-18-16-14-12-10-8-6-4-2/h53,55,61,63,68-71,73-80,82-84,86-90H,3-52,54,56-60,62,64-67H2,1-2H3,(H,81,85)/b55-53+,63-61+. The average Bonchev–Trinajstić information content (AvgIpc) is 0.794. The van der Waals surface area contributed by atoms with Crippen LogP contribution in [0.4, 0.5) is 0 Å². The van der Waals surface area contributed by atoms with Crippen molar-refractivity contribution in [2.75, 3.05) is 19.8 Å². The highest BCUT2D eigenvalue weighted by Gasteiger charge is 2.51. The number of rotatable bonds is 69. The van der Waals surface area contributed by atoms with Gasteiger partial charge in [-0.15, -0.1) is 0 Å². The molecule has 0 aromatic heterocycles. The van der Waals surface area contributed by atoms with E-state index in [1.807, 2.05) is 6.08 Å². The van der Waals surface area contributed by atoms with Crippen LogP contribution in [0.3, 0.4) is 0 Å². The van der Waals surface area contributed by atoms with Gasteiger partial charge in [0.15, 0.2) is 12.6 Å². The first-order chi connectivity index (χ1) is 46.1. The van der Waals surface area contributed by atoms with E-state index in [0.29, 0.717) is 12.8 Å². The van der Waals surface area contributed by atoms with Crippen molar-refractivity contribution in [1.29, 1.82) is 0 Å². The zero-order valence-electron chi connectivity index (χ0n) is 61.0. The van der Waals surface area contributed by atoms with Crippen LogP contribution in [-0.2, 0) is 23.7 Å². The van der Waals surface area contributed by atoms with Crippen molar-refractivity contribution in [3.63, 3.8) is 0 Å². The van der Waals surface area contributed by atoms with Gasteiger partial charge >= 0.3 is 0 Å². The molecule has 0 aliphatic carbocycles. The number of hydrogen-bond donors (Lipinski definition) is 9. The molecule has 0 radical (unpaired) electrons. The fourth-order valence-corrected chi connectivity index (χ4v) is 13.7. The molecule has 0 bridgehead atoms. The minimum atomic E-state index is -1.79. The summed E-state index contributed by atoms with van der Waals surface area (Å²) in [6.07, 6.45) is 67.1. The van der Waals surface area contributed by atoms with Crippen LogP contribution in [0.2, 0.25) is 0 Å². The summed E-state index contributed by atoms with van der Waals surface area (Å²) in [5.74, 6) is -0.240. The highest BCUT2D eigenvalue weighted by Crippen LogP contribution is 2.30. The van der Waals surface area contributed by atoms with Crippen LogP contribution >= 0.6 is 0 Å². The molecule has 9 N–H and O–H groups in total. The fourth-order valence-electron chi connectivity index (χ4n) is 13.7. The normalized spacial score (nSPS) is 22.5. The first kappa shape index (κ1) is 88.6. The van der Waals surface area contributed by atoms with Crippen molar-refractivity contribution in [3.05, 3.63) is 24.3 Å². The van der Waals surface area contributed by atoms with Gasteiger partial charge in [-0.05, 0) is 32.1 Å². The predicted molar refractivity (Wildman–Crippen MR) is 388 cm³/mol. The van der Waals surface area contributed by atoms with Gasteiger partial charge in [-0.3, -0.25) is 4.79 Å². The summed E-state index contributed by atoms with van der Waals surface area (Å²) in [5.41, 5.74) is 0. The third-order valence-electron chi connectivity index (χ3n) is 20.1. The van der Waals surface area contributed by atoms with Crippen molar-refractivity contribution in [2.45, 2.75) is 460 Å². The van der Waals surface area contributed by atoms with Crippen molar-refractivity contribution >= 4 is 5.91 Å². The Morgan fingerprint density at radius 3 is 1.04 bits per heavy atom. The van der Waals surface area contributed by atoms with Crippen LogP contribution in [0.1, 0.15) is 386 Å². The van der Waals surface area contributed by atoms with E-state index >= 15 is 0 Å². The van der Waals surface area contributed by atoms with E-state index in [2.05, 4.69) is 31.3 Å². The van der Waals surface area contributed by atoms with Crippen LogP contribution in [0.25, 0.3) is 0 Å². The molecule has 0 spiro atoms. The minimum Gasteiger partial charge on any atom is -0.394 e. The summed E-state index contributed by atoms with van der Waals surface area (Å²) in [5, 5.41) is 87.6. The Hall–Kier alpha value is -1.53. The number of carbonyl (C=O) groups excluding carboxylic acids is 1. The van der Waals surface area contributed by atoms with Crippen LogP contribution in [-0.4, -0.2) is 140 Å². The van der Waals surface area contributed by atoms with Crippen LogP contribution in [0, 0.1) is 0 Å². The fraction of sp³-hybridized carbons (Fsp3) is 0.938. The molecule has 12 atom stereocenters. The largest absolute Gasteiger partial charge is 0.394 e. The van der Waals surface area contributed by atoms with Crippen molar-refractivity contribution < 1.29 is 64.6 Å². The second-order valence-electron chi connectivity index (χ2n) is 28.9. The summed E-state index contributed by atoms with van der Waals surface area (Å²) >= 11 is 0. The Morgan fingerprint density at radius 2 is 0.681 bits per heavy atom. The number of aliphatic hydroxyl groups is 8. The molecule has 14 heteroatoms. The summed E-state index contributed by atoms with van der Waals surface area (Å²) in [7, 11) is 0. The topological polar surface area (TPSA) is 228 Å². The summed E-state index contributed by atoms with van der Waals surface area (Å²) < 4.78 is 22.9. The van der Waals surface area contributed by atoms with E-state index in [9.17, 15) is 45.6 Å². The van der Waals surface area contributed by atoms with E-state index in [-0.39, 0.29) is 18.9 Å². The van der Waals surface area contributed by atoms with E-state index in [1.165, 1.54) is 321 Å². The molecule has 0 saturated carbocycles. The quantitative estimate of drug-likeness (QED) is 0.0204. The summed E-state index contributed by atoms with van der Waals surface area (Å²) in [6.45, 7) is 2.85. The number of unbranched alkanes of at least 4 members (excludes halogenated alkanes) is 54. The number of allylic oxidation sites excluding steroid dienone is 3. The maximum Gasteiger partial charge on any atom is 0.220 e. The van der Waals surface area contributed by atoms with Gasteiger partial charge in [0.1, 0.15) is 48.8 Å². The third-order valence-corrected chi connectivity index (χ3v) is 20.1. The van der Waals surface area contributed by atoms with Crippen molar-refractivity contribution in [1.82, 2.24) is 5.32 Å². The molecule has 12 unspecified atom stereocenters. The molecule has 2 aliphatic rings. The number of amides is 1. The molecule has 2 rings (SSSR count). The smallest absolute Gasteiger partial charge is 0.220 e. The minimum absolute atomic E-state index is 0.240. The van der Waals surface area contributed by atoms with Gasteiger partial charge < -0.3 is 65.1 Å². The molecule has 2 heterocycles. The molecule has 2 saturated heterocycles. The number of carbonyl (C=O) groups is 1. The molecule has 94 heavy (non-hydrogen) atoms. The van der Waals surface area contributed by atoms with E-state index < -0.39 is 86.8 Å². The van der Waals surface area contributed by atoms with Gasteiger partial charge in [-0.25, -0.2) is 0 Å². The monoisotopic (exact) mass is 1340 g/mol. The van der Waals surface area contributed by atoms with Gasteiger partial charge in [-0.1, -0.05) is 372 Å². The molecule has 2 aliphatic heterocycles. The lowest BCUT2D eigenvalue weighted by Gasteiger charge is -2.46. The van der Waals surface area contributed by atoms with Crippen LogP contribution in [0.5, 0.6) is 0 Å². The lowest BCUT2D eigenvalue weighted by molar-refractivity contribution is -0.359. The first-order valence-electron chi connectivity index (χ1n) is 40.6. The van der Waals surface area contributed by atoms with Gasteiger partial charge in [0.05, 0.1) is 32.0 Å². The lowest BCUT2D eigenvalue weighted by Crippen LogP contribution is -2.65. The Morgan fingerprint density at radius 1 is 0.372 bits per heavy atom. The molecular weight excluding hydrogens is 1180 g/mol. The molecule has 2 fully saturated rings. The average molecular weight is 1340 g/mol. The second-order valence-corrected chi connectivity index (χ2v) is 28.9. The maximum absolute atomic E-state index is 13.4. The Kier molecular flexibility index (Phi) is 61.1. The SMILES string of the molecule is CCCCCCCCCCCCCCCCCCC/C=C/CC/C=C/C(O)C(COC1OC(CO)C(OC2OC(CO)C(O)C(O)C2O)C(O)C1O)NC(=O)CCCCCCCCCCCCCCCCCCCCCCCCCCCCCCCCCCCCCCC. The number of ether oxygens (including phenoxy) is 4. The Bertz CT molecular complexity index is 1670. The second kappa shape index (κ2) is 64.8. The zero-order chi connectivity index (χ0) is 68.0. The number of aliphatic hydroxyl groups excluding tert-OH is 8. The Labute approximate surface area is 577 Å². The molecule has 1 amide bonds. The highest BCUT2D eigenvalue weighted by molar-refractivity contribution is 5.76.